The number of nitrogens with zero attached hydrogens (tertiary/aromatic N) is 7. The largest absolute Gasteiger partial charge is 0.365 e. The van der Waals surface area contributed by atoms with Gasteiger partial charge in [-0.1, -0.05) is 12.8 Å². The minimum atomic E-state index is -0.824. The van der Waals surface area contributed by atoms with E-state index in [9.17, 15) is 9.18 Å². The number of anilines is 3. The number of pyridine rings is 2. The van der Waals surface area contributed by atoms with Gasteiger partial charge in [-0.25, -0.2) is 19.0 Å². The molecule has 5 rings (SSSR count). The lowest BCUT2D eigenvalue weighted by Crippen LogP contribution is -2.43. The molecule has 13 heteroatoms. The molecule has 35 heavy (non-hydrogen) atoms. The third-order valence-corrected chi connectivity index (χ3v) is 5.85. The van der Waals surface area contributed by atoms with Crippen molar-refractivity contribution in [1.82, 2.24) is 34.7 Å². The molecule has 1 fully saturated rings. The summed E-state index contributed by atoms with van der Waals surface area (Å²) in [6, 6.07) is 4.31. The van der Waals surface area contributed by atoms with Gasteiger partial charge >= 0.3 is 0 Å². The molecule has 1 amide bonds. The van der Waals surface area contributed by atoms with E-state index in [1.165, 1.54) is 23.4 Å². The van der Waals surface area contributed by atoms with Crippen molar-refractivity contribution in [2.45, 2.75) is 37.8 Å². The molecular weight excluding hydrogens is 453 g/mol. The topological polar surface area (TPSA) is 167 Å². The molecule has 0 saturated heterocycles. The number of nitrogens with one attached hydrogen (secondary N) is 2. The highest BCUT2D eigenvalue weighted by Crippen LogP contribution is 2.28. The first kappa shape index (κ1) is 22.4. The standard InChI is InChI=1S/C22H24FN11O/c23-15-11-14(19(25)35)20(32-21(15)31-17-5-2-1-4-16(17)24)30-13-10-18(34-28-7-8-29-34)22(26-12-13)33-9-3-6-27-33/h3,6-12,16-17H,1-2,4-5,24H2,(H2,25,35)(H2,30,31,32)/t16-,17+/m0/s1. The number of carbonyl (C=O) groups is 1. The summed E-state index contributed by atoms with van der Waals surface area (Å²) >= 11 is 0. The van der Waals surface area contributed by atoms with E-state index >= 15 is 0 Å². The lowest BCUT2D eigenvalue weighted by Gasteiger charge is -2.30. The number of halogens is 1. The van der Waals surface area contributed by atoms with Crippen LogP contribution in [0.3, 0.4) is 0 Å². The predicted octanol–water partition coefficient (Wildman–Crippen LogP) is 1.91. The maximum absolute atomic E-state index is 14.8. The van der Waals surface area contributed by atoms with Crippen molar-refractivity contribution in [2.24, 2.45) is 11.5 Å². The number of carbonyl (C=O) groups excluding carboxylic acids is 1. The van der Waals surface area contributed by atoms with Crippen molar-refractivity contribution < 1.29 is 9.18 Å². The van der Waals surface area contributed by atoms with Crippen molar-refractivity contribution in [3.63, 3.8) is 0 Å². The van der Waals surface area contributed by atoms with E-state index in [0.29, 0.717) is 17.2 Å². The van der Waals surface area contributed by atoms with Crippen LogP contribution in [0.1, 0.15) is 36.0 Å². The van der Waals surface area contributed by atoms with Crippen molar-refractivity contribution >= 4 is 23.2 Å². The average Bonchev–Trinajstić information content (AvgIpc) is 3.57. The van der Waals surface area contributed by atoms with E-state index in [-0.39, 0.29) is 29.3 Å². The third kappa shape index (κ3) is 4.66. The second kappa shape index (κ2) is 9.46. The summed E-state index contributed by atoms with van der Waals surface area (Å²) < 4.78 is 16.4. The Morgan fingerprint density at radius 3 is 2.60 bits per heavy atom. The SMILES string of the molecule is NC(=O)c1cc(F)c(N[C@@H]2CCCC[C@@H]2N)nc1Nc1cnc(-n2cccn2)c(-n2nccn2)c1. The average molecular weight is 478 g/mol. The molecule has 6 N–H and O–H groups in total. The molecule has 1 aliphatic rings. The number of aromatic nitrogens is 7. The number of amides is 1. The molecule has 0 aliphatic heterocycles. The number of hydrogen-bond acceptors (Lipinski definition) is 9. The van der Waals surface area contributed by atoms with Crippen LogP contribution in [0.2, 0.25) is 0 Å². The Balaban J connectivity index is 1.51. The van der Waals surface area contributed by atoms with E-state index in [2.05, 4.69) is 35.9 Å². The summed E-state index contributed by atoms with van der Waals surface area (Å²) in [5.41, 5.74) is 12.6. The van der Waals surface area contributed by atoms with Crippen molar-refractivity contribution in [1.29, 1.82) is 0 Å². The number of rotatable bonds is 7. The minimum absolute atomic E-state index is 0.00469. The van der Waals surface area contributed by atoms with Crippen LogP contribution in [0.25, 0.3) is 11.5 Å². The lowest BCUT2D eigenvalue weighted by atomic mass is 9.91. The Hall–Kier alpha value is -4.39. The van der Waals surface area contributed by atoms with Crippen LogP contribution in [0, 0.1) is 5.82 Å². The zero-order valence-electron chi connectivity index (χ0n) is 18.7. The molecule has 4 aromatic rings. The molecule has 1 aliphatic carbocycles. The van der Waals surface area contributed by atoms with Gasteiger partial charge in [-0.05, 0) is 31.0 Å². The second-order valence-corrected chi connectivity index (χ2v) is 8.24. The summed E-state index contributed by atoms with van der Waals surface area (Å²) in [6.45, 7) is 0. The highest BCUT2D eigenvalue weighted by atomic mass is 19.1. The Morgan fingerprint density at radius 2 is 1.89 bits per heavy atom. The summed E-state index contributed by atoms with van der Waals surface area (Å²) in [7, 11) is 0. The molecule has 2 atom stereocenters. The molecule has 4 heterocycles. The van der Waals surface area contributed by atoms with Gasteiger partial charge < -0.3 is 22.1 Å². The maximum Gasteiger partial charge on any atom is 0.252 e. The third-order valence-electron chi connectivity index (χ3n) is 5.85. The van der Waals surface area contributed by atoms with Crippen LogP contribution in [0.5, 0.6) is 0 Å². The Labute approximate surface area is 199 Å². The van der Waals surface area contributed by atoms with E-state index in [0.717, 1.165) is 31.7 Å². The first-order chi connectivity index (χ1) is 17.0. The van der Waals surface area contributed by atoms with Gasteiger partial charge in [0.2, 0.25) is 0 Å². The van der Waals surface area contributed by atoms with Gasteiger partial charge in [-0.15, -0.1) is 4.80 Å². The van der Waals surface area contributed by atoms with Crippen molar-refractivity contribution in [2.75, 3.05) is 10.6 Å². The lowest BCUT2D eigenvalue weighted by molar-refractivity contribution is 0.100. The fraction of sp³-hybridized carbons (Fsp3) is 0.273. The zero-order valence-corrected chi connectivity index (χ0v) is 18.7. The van der Waals surface area contributed by atoms with Crippen molar-refractivity contribution in [3.8, 4) is 11.5 Å². The summed E-state index contributed by atoms with van der Waals surface area (Å²) in [5, 5.41) is 18.7. The molecular formula is C22H24FN11O. The Bertz CT molecular complexity index is 1320. The minimum Gasteiger partial charge on any atom is -0.365 e. The second-order valence-electron chi connectivity index (χ2n) is 8.24. The molecule has 0 bridgehead atoms. The fourth-order valence-electron chi connectivity index (χ4n) is 4.10. The zero-order chi connectivity index (χ0) is 24.4. The summed E-state index contributed by atoms with van der Waals surface area (Å²) in [5.74, 6) is -0.952. The highest BCUT2D eigenvalue weighted by molar-refractivity contribution is 5.98. The number of nitrogens with two attached hydrogens (primary N) is 2. The van der Waals surface area contributed by atoms with Gasteiger partial charge in [0.1, 0.15) is 11.5 Å². The van der Waals surface area contributed by atoms with E-state index in [4.69, 9.17) is 11.5 Å². The predicted molar refractivity (Wildman–Crippen MR) is 126 cm³/mol. The Morgan fingerprint density at radius 1 is 1.09 bits per heavy atom. The van der Waals surface area contributed by atoms with Gasteiger partial charge in [0.05, 0.1) is 29.8 Å². The van der Waals surface area contributed by atoms with Crippen LogP contribution in [0.4, 0.5) is 21.7 Å². The first-order valence-electron chi connectivity index (χ1n) is 11.2. The van der Waals surface area contributed by atoms with Crippen LogP contribution < -0.4 is 22.1 Å². The van der Waals surface area contributed by atoms with E-state index in [1.807, 2.05) is 0 Å². The number of hydrogen-bond donors (Lipinski definition) is 4. The van der Waals surface area contributed by atoms with Crippen LogP contribution in [0.15, 0.2) is 49.2 Å². The highest BCUT2D eigenvalue weighted by Gasteiger charge is 2.24. The van der Waals surface area contributed by atoms with E-state index < -0.39 is 11.7 Å². The molecule has 0 spiro atoms. The van der Waals surface area contributed by atoms with Gasteiger partial charge in [0.15, 0.2) is 17.5 Å². The van der Waals surface area contributed by atoms with Gasteiger partial charge in [0.25, 0.3) is 5.91 Å². The molecule has 12 nitrogen and oxygen atoms in total. The Kier molecular flexibility index (Phi) is 6.06. The molecule has 4 aromatic heterocycles. The number of primary amides is 1. The van der Waals surface area contributed by atoms with Crippen molar-refractivity contribution in [3.05, 3.63) is 60.6 Å². The quantitative estimate of drug-likeness (QED) is 0.311. The van der Waals surface area contributed by atoms with E-state index in [1.54, 1.807) is 29.2 Å². The smallest absolute Gasteiger partial charge is 0.252 e. The maximum atomic E-state index is 14.8. The molecule has 0 radical (unpaired) electrons. The normalized spacial score (nSPS) is 17.8. The molecule has 180 valence electrons. The van der Waals surface area contributed by atoms with Gasteiger partial charge in [0, 0.05) is 24.5 Å². The summed E-state index contributed by atoms with van der Waals surface area (Å²) in [6.07, 6.45) is 11.7. The molecule has 0 aromatic carbocycles. The van der Waals surface area contributed by atoms with Crippen LogP contribution >= 0.6 is 0 Å². The molecule has 0 unspecified atom stereocenters. The van der Waals surface area contributed by atoms with Crippen LogP contribution in [-0.2, 0) is 0 Å². The summed E-state index contributed by atoms with van der Waals surface area (Å²) in [4.78, 5) is 22.3. The molecule has 1 saturated carbocycles. The monoisotopic (exact) mass is 477 g/mol. The fourth-order valence-corrected chi connectivity index (χ4v) is 4.10. The first-order valence-corrected chi connectivity index (χ1v) is 11.2. The van der Waals surface area contributed by atoms with Gasteiger partial charge in [-0.2, -0.15) is 15.3 Å². The van der Waals surface area contributed by atoms with Crippen LogP contribution in [-0.4, -0.2) is 52.7 Å². The van der Waals surface area contributed by atoms with Gasteiger partial charge in [-0.3, -0.25) is 4.79 Å².